The standard InChI is InChI=1S/C21H22N6O4S/c1-13(2)18(23-20(29)14-7-6-10-16(11-14)27(30)31)19-24-21(26-25-19)32-12-17(28)22-15-8-4-3-5-9-15/h3-11,13,18H,12H2,1-2H3,(H,22,28)(H,23,29)(H,24,25,26)/t18-/m1/s1. The van der Waals surface area contributed by atoms with Gasteiger partial charge in [-0.2, -0.15) is 0 Å². The van der Waals surface area contributed by atoms with Crippen molar-refractivity contribution in [3.63, 3.8) is 0 Å². The first-order valence-corrected chi connectivity index (χ1v) is 10.8. The molecule has 0 aliphatic carbocycles. The molecule has 1 aromatic heterocycles. The van der Waals surface area contributed by atoms with Gasteiger partial charge in [0.25, 0.3) is 11.6 Å². The van der Waals surface area contributed by atoms with Gasteiger partial charge in [0, 0.05) is 23.4 Å². The number of nitro groups is 1. The molecule has 2 aromatic carbocycles. The summed E-state index contributed by atoms with van der Waals surface area (Å²) in [6, 6.07) is 14.1. The van der Waals surface area contributed by atoms with E-state index in [9.17, 15) is 19.7 Å². The van der Waals surface area contributed by atoms with Crippen molar-refractivity contribution < 1.29 is 14.5 Å². The number of nitrogens with zero attached hydrogens (tertiary/aromatic N) is 3. The van der Waals surface area contributed by atoms with Crippen LogP contribution in [0.2, 0.25) is 0 Å². The van der Waals surface area contributed by atoms with Gasteiger partial charge in [0.05, 0.1) is 16.7 Å². The Bertz CT molecular complexity index is 1100. The maximum Gasteiger partial charge on any atom is 0.270 e. The molecule has 3 rings (SSSR count). The Morgan fingerprint density at radius 1 is 1.16 bits per heavy atom. The van der Waals surface area contributed by atoms with Crippen LogP contribution in [0.4, 0.5) is 11.4 Å². The minimum atomic E-state index is -0.551. The van der Waals surface area contributed by atoms with E-state index in [0.29, 0.717) is 16.7 Å². The van der Waals surface area contributed by atoms with Crippen LogP contribution in [0.5, 0.6) is 0 Å². The fourth-order valence-electron chi connectivity index (χ4n) is 2.85. The molecule has 0 spiro atoms. The normalized spacial score (nSPS) is 11.7. The van der Waals surface area contributed by atoms with E-state index < -0.39 is 16.9 Å². The summed E-state index contributed by atoms with van der Waals surface area (Å²) in [7, 11) is 0. The van der Waals surface area contributed by atoms with Gasteiger partial charge in [0.15, 0.2) is 0 Å². The van der Waals surface area contributed by atoms with Gasteiger partial charge in [-0.15, -0.1) is 5.10 Å². The van der Waals surface area contributed by atoms with E-state index in [1.807, 2.05) is 32.0 Å². The molecule has 0 fully saturated rings. The number of amides is 2. The van der Waals surface area contributed by atoms with Gasteiger partial charge in [-0.1, -0.05) is 49.9 Å². The topological polar surface area (TPSA) is 143 Å². The highest BCUT2D eigenvalue weighted by Gasteiger charge is 2.24. The summed E-state index contributed by atoms with van der Waals surface area (Å²) in [4.78, 5) is 39.6. The number of benzene rings is 2. The second kappa shape index (κ2) is 10.5. The number of hydrogen-bond donors (Lipinski definition) is 3. The Hall–Kier alpha value is -3.73. The van der Waals surface area contributed by atoms with Crippen LogP contribution in [-0.4, -0.2) is 37.7 Å². The van der Waals surface area contributed by atoms with E-state index in [1.54, 1.807) is 12.1 Å². The van der Waals surface area contributed by atoms with Crippen molar-refractivity contribution in [2.75, 3.05) is 11.1 Å². The van der Waals surface area contributed by atoms with Crippen LogP contribution in [0.15, 0.2) is 59.8 Å². The van der Waals surface area contributed by atoms with Crippen LogP contribution < -0.4 is 10.6 Å². The SMILES string of the molecule is CC(C)[C@@H](NC(=O)c1cccc([N+](=O)[O-])c1)c1nc(SCC(=O)Nc2ccccc2)n[nH]1. The summed E-state index contributed by atoms with van der Waals surface area (Å²) in [5.41, 5.74) is 0.722. The molecule has 2 amide bonds. The van der Waals surface area contributed by atoms with E-state index in [1.165, 1.54) is 24.3 Å². The summed E-state index contributed by atoms with van der Waals surface area (Å²) in [6.45, 7) is 3.81. The lowest BCUT2D eigenvalue weighted by Gasteiger charge is -2.19. The number of aromatic amines is 1. The molecule has 1 atom stereocenters. The Balaban J connectivity index is 1.62. The smallest absolute Gasteiger partial charge is 0.270 e. The number of hydrogen-bond acceptors (Lipinski definition) is 7. The Morgan fingerprint density at radius 2 is 1.91 bits per heavy atom. The fraction of sp³-hybridized carbons (Fsp3) is 0.238. The second-order valence-corrected chi connectivity index (χ2v) is 8.15. The van der Waals surface area contributed by atoms with Crippen LogP contribution in [0.25, 0.3) is 0 Å². The number of aromatic nitrogens is 3. The molecular weight excluding hydrogens is 432 g/mol. The number of para-hydroxylation sites is 1. The molecule has 1 heterocycles. The zero-order chi connectivity index (χ0) is 23.1. The molecule has 0 saturated carbocycles. The first-order valence-electron chi connectivity index (χ1n) is 9.79. The van der Waals surface area contributed by atoms with Crippen molar-refractivity contribution in [3.8, 4) is 0 Å². The number of rotatable bonds is 9. The van der Waals surface area contributed by atoms with Crippen LogP contribution in [0.1, 0.15) is 36.1 Å². The predicted octanol–water partition coefficient (Wildman–Crippen LogP) is 3.57. The predicted molar refractivity (Wildman–Crippen MR) is 120 cm³/mol. The quantitative estimate of drug-likeness (QED) is 0.255. The van der Waals surface area contributed by atoms with Crippen LogP contribution in [0, 0.1) is 16.0 Å². The number of carbonyl (C=O) groups excluding carboxylic acids is 2. The highest BCUT2D eigenvalue weighted by molar-refractivity contribution is 7.99. The zero-order valence-electron chi connectivity index (χ0n) is 17.4. The maximum absolute atomic E-state index is 12.6. The molecule has 32 heavy (non-hydrogen) atoms. The second-order valence-electron chi connectivity index (χ2n) is 7.21. The molecule has 0 saturated heterocycles. The largest absolute Gasteiger partial charge is 0.342 e. The molecular formula is C21H22N6O4S. The third-order valence-corrected chi connectivity index (χ3v) is 5.29. The third-order valence-electron chi connectivity index (χ3n) is 4.44. The van der Waals surface area contributed by atoms with E-state index in [-0.39, 0.29) is 28.8 Å². The van der Waals surface area contributed by atoms with Gasteiger partial charge in [-0.3, -0.25) is 24.8 Å². The van der Waals surface area contributed by atoms with Gasteiger partial charge in [0.1, 0.15) is 5.82 Å². The molecule has 0 aliphatic heterocycles. The van der Waals surface area contributed by atoms with Crippen molar-refractivity contribution in [3.05, 3.63) is 76.1 Å². The van der Waals surface area contributed by atoms with Crippen molar-refractivity contribution in [2.24, 2.45) is 5.92 Å². The lowest BCUT2D eigenvalue weighted by Crippen LogP contribution is -2.32. The molecule has 3 N–H and O–H groups in total. The summed E-state index contributed by atoms with van der Waals surface area (Å²) < 4.78 is 0. The van der Waals surface area contributed by atoms with Gasteiger partial charge in [0.2, 0.25) is 11.1 Å². The lowest BCUT2D eigenvalue weighted by molar-refractivity contribution is -0.384. The van der Waals surface area contributed by atoms with Gasteiger partial charge in [-0.05, 0) is 24.1 Å². The van der Waals surface area contributed by atoms with Gasteiger partial charge >= 0.3 is 0 Å². The van der Waals surface area contributed by atoms with Gasteiger partial charge < -0.3 is 10.6 Å². The minimum Gasteiger partial charge on any atom is -0.342 e. The first kappa shape index (κ1) is 22.9. The number of H-pyrrole nitrogens is 1. The Labute approximate surface area is 188 Å². The summed E-state index contributed by atoms with van der Waals surface area (Å²) in [5, 5.41) is 23.9. The number of carbonyl (C=O) groups is 2. The van der Waals surface area contributed by atoms with Crippen molar-refractivity contribution in [2.45, 2.75) is 25.0 Å². The lowest BCUT2D eigenvalue weighted by atomic mass is 10.0. The molecule has 11 heteroatoms. The number of non-ortho nitro benzene ring substituents is 1. The average molecular weight is 455 g/mol. The molecule has 0 aliphatic rings. The van der Waals surface area contributed by atoms with Crippen LogP contribution in [0.3, 0.4) is 0 Å². The summed E-state index contributed by atoms with van der Waals surface area (Å²) in [5.74, 6) is -0.125. The molecule has 0 unspecified atom stereocenters. The van der Waals surface area contributed by atoms with Gasteiger partial charge in [-0.25, -0.2) is 4.98 Å². The van der Waals surface area contributed by atoms with Crippen LogP contribution >= 0.6 is 11.8 Å². The fourth-order valence-corrected chi connectivity index (χ4v) is 3.45. The Morgan fingerprint density at radius 3 is 2.59 bits per heavy atom. The Kier molecular flexibility index (Phi) is 7.55. The molecule has 3 aromatic rings. The van der Waals surface area contributed by atoms with Crippen molar-refractivity contribution in [1.82, 2.24) is 20.5 Å². The van der Waals surface area contributed by atoms with Crippen molar-refractivity contribution in [1.29, 1.82) is 0 Å². The molecule has 0 bridgehead atoms. The average Bonchev–Trinajstić information content (AvgIpc) is 3.25. The van der Waals surface area contributed by atoms with E-state index >= 15 is 0 Å². The number of thioether (sulfide) groups is 1. The number of anilines is 1. The monoisotopic (exact) mass is 454 g/mol. The highest BCUT2D eigenvalue weighted by atomic mass is 32.2. The highest BCUT2D eigenvalue weighted by Crippen LogP contribution is 2.22. The van der Waals surface area contributed by atoms with E-state index in [0.717, 1.165) is 11.8 Å². The molecule has 166 valence electrons. The minimum absolute atomic E-state index is 0.0372. The zero-order valence-corrected chi connectivity index (χ0v) is 18.3. The third kappa shape index (κ3) is 6.14. The summed E-state index contributed by atoms with van der Waals surface area (Å²) in [6.07, 6.45) is 0. The van der Waals surface area contributed by atoms with Crippen molar-refractivity contribution >= 4 is 35.0 Å². The number of nitro benzene ring substituents is 1. The van der Waals surface area contributed by atoms with Crippen LogP contribution in [-0.2, 0) is 4.79 Å². The van der Waals surface area contributed by atoms with E-state index in [2.05, 4.69) is 25.8 Å². The first-order chi connectivity index (χ1) is 15.3. The number of nitrogens with one attached hydrogen (secondary N) is 3. The maximum atomic E-state index is 12.6. The van der Waals surface area contributed by atoms with E-state index in [4.69, 9.17) is 0 Å². The summed E-state index contributed by atoms with van der Waals surface area (Å²) >= 11 is 1.16. The molecule has 10 nitrogen and oxygen atoms in total. The molecule has 0 radical (unpaired) electrons.